The molecule has 1 fully saturated rings. The molecule has 0 aliphatic carbocycles. The molecule has 0 unspecified atom stereocenters. The summed E-state index contributed by atoms with van der Waals surface area (Å²) in [5.74, 6) is -0.428. The third-order valence-electron chi connectivity index (χ3n) is 5.07. The molecule has 3 aromatic rings. The van der Waals surface area contributed by atoms with Gasteiger partial charge < -0.3 is 5.32 Å². The molecule has 1 N–H and O–H groups in total. The normalized spacial score (nSPS) is 15.7. The van der Waals surface area contributed by atoms with Crippen LogP contribution >= 0.6 is 11.3 Å². The SMILES string of the molecule is Cn1nc(C(F)(F)F)c2cc(C(=O)Nc3ccc(CN4CCCCC4)cc3)sc21. The Morgan fingerprint density at radius 2 is 1.86 bits per heavy atom. The molecule has 29 heavy (non-hydrogen) atoms. The summed E-state index contributed by atoms with van der Waals surface area (Å²) in [5, 5.41) is 6.24. The first-order valence-corrected chi connectivity index (χ1v) is 10.3. The van der Waals surface area contributed by atoms with Crippen LogP contribution in [0.3, 0.4) is 0 Å². The molecule has 0 bridgehead atoms. The molecular weight excluding hydrogens is 401 g/mol. The topological polar surface area (TPSA) is 50.2 Å². The second-order valence-corrected chi connectivity index (χ2v) is 8.32. The standard InChI is InChI=1S/C20H21F3N4OS/c1-26-19-15(17(25-26)20(21,22)23)11-16(29-19)18(28)24-14-7-5-13(6-8-14)12-27-9-3-2-4-10-27/h5-8,11H,2-4,9-10,12H2,1H3,(H,24,28). The van der Waals surface area contributed by atoms with E-state index in [1.165, 1.54) is 37.9 Å². The van der Waals surface area contributed by atoms with Crippen LogP contribution in [0.25, 0.3) is 10.2 Å². The first-order chi connectivity index (χ1) is 13.8. The van der Waals surface area contributed by atoms with E-state index >= 15 is 0 Å². The van der Waals surface area contributed by atoms with Crippen molar-refractivity contribution in [2.75, 3.05) is 18.4 Å². The predicted octanol–water partition coefficient (Wildman–Crippen LogP) is 4.89. The number of amides is 1. The Hall–Kier alpha value is -2.39. The second-order valence-electron chi connectivity index (χ2n) is 7.29. The molecule has 0 radical (unpaired) electrons. The average molecular weight is 422 g/mol. The van der Waals surface area contributed by atoms with E-state index in [2.05, 4.69) is 15.3 Å². The summed E-state index contributed by atoms with van der Waals surface area (Å²) < 4.78 is 40.5. The van der Waals surface area contributed by atoms with Gasteiger partial charge in [0.25, 0.3) is 5.91 Å². The minimum atomic E-state index is -4.56. The van der Waals surface area contributed by atoms with Gasteiger partial charge in [-0.15, -0.1) is 11.3 Å². The maximum absolute atomic E-state index is 13.1. The lowest BCUT2D eigenvalue weighted by molar-refractivity contribution is -0.140. The van der Waals surface area contributed by atoms with E-state index in [-0.39, 0.29) is 10.3 Å². The zero-order valence-electron chi connectivity index (χ0n) is 15.9. The van der Waals surface area contributed by atoms with Gasteiger partial charge >= 0.3 is 6.18 Å². The summed E-state index contributed by atoms with van der Waals surface area (Å²) in [6.45, 7) is 3.11. The average Bonchev–Trinajstić information content (AvgIpc) is 3.24. The lowest BCUT2D eigenvalue weighted by Crippen LogP contribution is -2.29. The molecule has 9 heteroatoms. The van der Waals surface area contributed by atoms with Crippen molar-refractivity contribution in [1.82, 2.24) is 14.7 Å². The molecule has 0 spiro atoms. The van der Waals surface area contributed by atoms with E-state index in [0.717, 1.165) is 35.7 Å². The predicted molar refractivity (Wildman–Crippen MR) is 107 cm³/mol. The number of nitrogens with zero attached hydrogens (tertiary/aromatic N) is 3. The van der Waals surface area contributed by atoms with Gasteiger partial charge in [-0.25, -0.2) is 0 Å². The van der Waals surface area contributed by atoms with E-state index in [4.69, 9.17) is 0 Å². The van der Waals surface area contributed by atoms with Gasteiger partial charge in [0, 0.05) is 24.7 Å². The molecule has 1 aliphatic heterocycles. The number of aromatic nitrogens is 2. The molecule has 154 valence electrons. The fourth-order valence-electron chi connectivity index (χ4n) is 3.62. The number of benzene rings is 1. The molecule has 3 heterocycles. The highest BCUT2D eigenvalue weighted by atomic mass is 32.1. The highest BCUT2D eigenvalue weighted by Crippen LogP contribution is 2.37. The highest BCUT2D eigenvalue weighted by molar-refractivity contribution is 7.20. The van der Waals surface area contributed by atoms with E-state index < -0.39 is 17.8 Å². The van der Waals surface area contributed by atoms with Crippen molar-refractivity contribution < 1.29 is 18.0 Å². The van der Waals surface area contributed by atoms with Crippen LogP contribution in [0.15, 0.2) is 30.3 Å². The van der Waals surface area contributed by atoms with Crippen molar-refractivity contribution >= 4 is 33.1 Å². The summed E-state index contributed by atoms with van der Waals surface area (Å²) in [6.07, 6.45) is -0.804. The largest absolute Gasteiger partial charge is 0.435 e. The smallest absolute Gasteiger partial charge is 0.321 e. The quantitative estimate of drug-likeness (QED) is 0.651. The van der Waals surface area contributed by atoms with Gasteiger partial charge in [-0.1, -0.05) is 18.6 Å². The van der Waals surface area contributed by atoms with Crippen molar-refractivity contribution in [3.05, 3.63) is 46.5 Å². The molecule has 4 rings (SSSR count). The zero-order chi connectivity index (χ0) is 20.6. The number of rotatable bonds is 4. The van der Waals surface area contributed by atoms with Crippen molar-refractivity contribution in [3.8, 4) is 0 Å². The van der Waals surface area contributed by atoms with Crippen molar-refractivity contribution in [2.45, 2.75) is 32.0 Å². The van der Waals surface area contributed by atoms with Crippen LogP contribution in [0, 0.1) is 0 Å². The second kappa shape index (κ2) is 7.79. The lowest BCUT2D eigenvalue weighted by Gasteiger charge is -2.26. The van der Waals surface area contributed by atoms with Crippen LogP contribution in [0.5, 0.6) is 0 Å². The number of thiophene rings is 1. The molecule has 0 atom stereocenters. The lowest BCUT2D eigenvalue weighted by atomic mass is 10.1. The maximum atomic E-state index is 13.1. The van der Waals surface area contributed by atoms with Gasteiger partial charge in [0.15, 0.2) is 5.69 Å². The fourth-order valence-corrected chi connectivity index (χ4v) is 4.59. The van der Waals surface area contributed by atoms with Crippen molar-refractivity contribution in [2.24, 2.45) is 7.05 Å². The van der Waals surface area contributed by atoms with Crippen LogP contribution in [0.4, 0.5) is 18.9 Å². The summed E-state index contributed by atoms with van der Waals surface area (Å²) in [5.41, 5.74) is 0.823. The Balaban J connectivity index is 1.46. The van der Waals surface area contributed by atoms with Crippen LogP contribution < -0.4 is 5.32 Å². The number of hydrogen-bond acceptors (Lipinski definition) is 4. The Labute approximate surface area is 170 Å². The first kappa shape index (κ1) is 19.9. The number of halogens is 3. The van der Waals surface area contributed by atoms with E-state index in [0.29, 0.717) is 10.5 Å². The number of aryl methyl sites for hydroxylation is 1. The Kier molecular flexibility index (Phi) is 5.35. The zero-order valence-corrected chi connectivity index (χ0v) is 16.7. The van der Waals surface area contributed by atoms with Gasteiger partial charge in [-0.2, -0.15) is 18.3 Å². The number of fused-ring (bicyclic) bond motifs is 1. The summed E-state index contributed by atoms with van der Waals surface area (Å²) in [4.78, 5) is 15.5. The molecule has 1 aliphatic rings. The third-order valence-corrected chi connectivity index (χ3v) is 6.27. The van der Waals surface area contributed by atoms with Crippen LogP contribution in [-0.4, -0.2) is 33.7 Å². The molecule has 1 amide bonds. The Bertz CT molecular complexity index is 1020. The van der Waals surface area contributed by atoms with Gasteiger partial charge in [0.05, 0.1) is 4.88 Å². The Morgan fingerprint density at radius 3 is 2.52 bits per heavy atom. The van der Waals surface area contributed by atoms with Gasteiger partial charge in [-0.3, -0.25) is 14.4 Å². The van der Waals surface area contributed by atoms with Crippen molar-refractivity contribution in [3.63, 3.8) is 0 Å². The molecule has 2 aromatic heterocycles. The van der Waals surface area contributed by atoms with Gasteiger partial charge in [0.2, 0.25) is 0 Å². The monoisotopic (exact) mass is 422 g/mol. The third kappa shape index (κ3) is 4.30. The number of alkyl halides is 3. The fraction of sp³-hybridized carbons (Fsp3) is 0.400. The number of likely N-dealkylation sites (tertiary alicyclic amines) is 1. The molecule has 1 aromatic carbocycles. The summed E-state index contributed by atoms with van der Waals surface area (Å²) in [6, 6.07) is 8.86. The van der Waals surface area contributed by atoms with Crippen LogP contribution in [0.2, 0.25) is 0 Å². The summed E-state index contributed by atoms with van der Waals surface area (Å²) in [7, 11) is 1.44. The molecule has 0 saturated carbocycles. The van der Waals surface area contributed by atoms with Gasteiger partial charge in [-0.05, 0) is 49.7 Å². The summed E-state index contributed by atoms with van der Waals surface area (Å²) >= 11 is 0.996. The molecule has 1 saturated heterocycles. The Morgan fingerprint density at radius 1 is 1.17 bits per heavy atom. The highest BCUT2D eigenvalue weighted by Gasteiger charge is 2.37. The van der Waals surface area contributed by atoms with Crippen molar-refractivity contribution in [1.29, 1.82) is 0 Å². The minimum absolute atomic E-state index is 0.0490. The number of anilines is 1. The number of piperidine rings is 1. The number of nitrogens with one attached hydrogen (secondary N) is 1. The number of carbonyl (C=O) groups excluding carboxylic acids is 1. The number of carbonyl (C=O) groups is 1. The number of hydrogen-bond donors (Lipinski definition) is 1. The molecule has 5 nitrogen and oxygen atoms in total. The van der Waals surface area contributed by atoms with Gasteiger partial charge in [0.1, 0.15) is 4.83 Å². The minimum Gasteiger partial charge on any atom is -0.321 e. The molecular formula is C20H21F3N4OS. The maximum Gasteiger partial charge on any atom is 0.435 e. The van der Waals surface area contributed by atoms with Crippen LogP contribution in [0.1, 0.15) is 40.2 Å². The van der Waals surface area contributed by atoms with E-state index in [9.17, 15) is 18.0 Å². The van der Waals surface area contributed by atoms with E-state index in [1.54, 1.807) is 0 Å². The first-order valence-electron chi connectivity index (χ1n) is 9.47. The van der Waals surface area contributed by atoms with Crippen LogP contribution in [-0.2, 0) is 19.8 Å². The van der Waals surface area contributed by atoms with E-state index in [1.807, 2.05) is 24.3 Å².